The van der Waals surface area contributed by atoms with Gasteiger partial charge in [0, 0.05) is 30.2 Å². The number of hydrogen-bond acceptors (Lipinski definition) is 4. The normalized spacial score (nSPS) is 28.0. The Hall–Kier alpha value is -2.62. The molecule has 10 heteroatoms. The number of aliphatic carboxylic acids is 1. The molecule has 0 aromatic heterocycles. The first kappa shape index (κ1) is 26.0. The fraction of sp³-hybridized carbons (Fsp3) is 0.625. The summed E-state index contributed by atoms with van der Waals surface area (Å²) in [6, 6.07) is 2.93. The van der Waals surface area contributed by atoms with Crippen LogP contribution in [-0.2, 0) is 15.8 Å². The standard InChI is InChI=1S/C24H32F3N3O4/c1-14(2)29(4)17-8-9-19(23(3,13-17)22(33)34)30-11-10-18(21(30)32)28-20(31)15-6-5-7-16(12-15)24(25,26)27/h5-7,12,14,17-19H,8-11,13H2,1-4H3,(H,28,31)(H,33,34)/t17-,18?,19+,23+/m1/s1. The molecule has 2 amide bonds. The molecule has 4 atom stereocenters. The maximum absolute atomic E-state index is 13.2. The Kier molecular flexibility index (Phi) is 7.31. The highest BCUT2D eigenvalue weighted by molar-refractivity contribution is 5.98. The van der Waals surface area contributed by atoms with E-state index in [1.807, 2.05) is 20.9 Å². The van der Waals surface area contributed by atoms with Crippen LogP contribution in [0, 0.1) is 5.41 Å². The number of nitrogens with zero attached hydrogens (tertiary/aromatic N) is 2. The van der Waals surface area contributed by atoms with Crippen molar-refractivity contribution in [2.45, 2.75) is 76.8 Å². The molecule has 1 aliphatic heterocycles. The number of carboxylic acids is 1. The SMILES string of the molecule is CC(C)N(C)[C@@H]1CC[C@H](N2CCC(NC(=O)c3cccc(C(F)(F)F)c3)C2=O)[C@@](C)(C(=O)O)C1. The zero-order chi connectivity index (χ0) is 25.4. The van der Waals surface area contributed by atoms with Crippen molar-refractivity contribution in [2.24, 2.45) is 5.41 Å². The summed E-state index contributed by atoms with van der Waals surface area (Å²) in [6.07, 6.45) is -2.66. The minimum Gasteiger partial charge on any atom is -0.481 e. The molecule has 188 valence electrons. The molecule has 2 fully saturated rings. The van der Waals surface area contributed by atoms with Gasteiger partial charge in [0.15, 0.2) is 0 Å². The smallest absolute Gasteiger partial charge is 0.416 e. The lowest BCUT2D eigenvalue weighted by molar-refractivity contribution is -0.159. The highest BCUT2D eigenvalue weighted by Gasteiger charge is 2.52. The van der Waals surface area contributed by atoms with Crippen molar-refractivity contribution in [1.82, 2.24) is 15.1 Å². The van der Waals surface area contributed by atoms with Gasteiger partial charge in [-0.3, -0.25) is 14.4 Å². The molecule has 1 saturated carbocycles. The number of nitrogens with one attached hydrogen (secondary N) is 1. The molecule has 7 nitrogen and oxygen atoms in total. The largest absolute Gasteiger partial charge is 0.481 e. The maximum atomic E-state index is 13.2. The molecule has 0 radical (unpaired) electrons. The van der Waals surface area contributed by atoms with E-state index in [1.165, 1.54) is 11.0 Å². The minimum atomic E-state index is -4.58. The van der Waals surface area contributed by atoms with Crippen LogP contribution in [0.4, 0.5) is 13.2 Å². The number of carboxylic acid groups (broad SMARTS) is 1. The molecule has 0 bridgehead atoms. The zero-order valence-electron chi connectivity index (χ0n) is 19.9. The number of rotatable bonds is 6. The molecule has 1 aliphatic carbocycles. The highest BCUT2D eigenvalue weighted by atomic mass is 19.4. The van der Waals surface area contributed by atoms with Crippen LogP contribution in [0.3, 0.4) is 0 Å². The van der Waals surface area contributed by atoms with E-state index in [0.29, 0.717) is 12.8 Å². The summed E-state index contributed by atoms with van der Waals surface area (Å²) in [7, 11) is 1.97. The molecule has 1 aromatic carbocycles. The quantitative estimate of drug-likeness (QED) is 0.648. The fourth-order valence-electron chi connectivity index (χ4n) is 5.12. The summed E-state index contributed by atoms with van der Waals surface area (Å²) in [5, 5.41) is 12.6. The van der Waals surface area contributed by atoms with Gasteiger partial charge in [0.25, 0.3) is 5.91 Å². The van der Waals surface area contributed by atoms with E-state index in [4.69, 9.17) is 0 Å². The van der Waals surface area contributed by atoms with Crippen LogP contribution in [-0.4, -0.2) is 70.4 Å². The molecule has 1 aromatic rings. The first-order valence-corrected chi connectivity index (χ1v) is 11.5. The van der Waals surface area contributed by atoms with Gasteiger partial charge in [-0.2, -0.15) is 13.2 Å². The Bertz CT molecular complexity index is 952. The zero-order valence-corrected chi connectivity index (χ0v) is 19.9. The first-order chi connectivity index (χ1) is 15.8. The van der Waals surface area contributed by atoms with E-state index in [0.717, 1.165) is 24.6 Å². The second kappa shape index (κ2) is 9.56. The number of likely N-dealkylation sites (tertiary alicyclic amines) is 1. The third-order valence-corrected chi connectivity index (χ3v) is 7.42. The summed E-state index contributed by atoms with van der Waals surface area (Å²) in [6.45, 7) is 6.05. The number of carbonyl (C=O) groups excluding carboxylic acids is 2. The summed E-state index contributed by atoms with van der Waals surface area (Å²) in [5.74, 6) is -2.13. The third-order valence-electron chi connectivity index (χ3n) is 7.42. The van der Waals surface area contributed by atoms with Gasteiger partial charge in [0.05, 0.1) is 11.0 Å². The molecule has 0 spiro atoms. The second-order valence-corrected chi connectivity index (χ2v) is 9.86. The Morgan fingerprint density at radius 2 is 1.91 bits per heavy atom. The number of amides is 2. The second-order valence-electron chi connectivity index (χ2n) is 9.86. The van der Waals surface area contributed by atoms with Crippen molar-refractivity contribution in [1.29, 1.82) is 0 Å². The van der Waals surface area contributed by atoms with Crippen LogP contribution in [0.5, 0.6) is 0 Å². The summed E-state index contributed by atoms with van der Waals surface area (Å²) in [4.78, 5) is 41.8. The Balaban J connectivity index is 1.73. The molecule has 2 N–H and O–H groups in total. The molecule has 1 saturated heterocycles. The molecule has 3 rings (SSSR count). The van der Waals surface area contributed by atoms with Crippen molar-refractivity contribution < 1.29 is 32.7 Å². The van der Waals surface area contributed by atoms with Gasteiger partial charge in [-0.1, -0.05) is 6.07 Å². The van der Waals surface area contributed by atoms with E-state index in [-0.39, 0.29) is 30.6 Å². The number of benzene rings is 1. The summed E-state index contributed by atoms with van der Waals surface area (Å²) in [5.41, 5.74) is -2.28. The number of halogens is 3. The predicted octanol–water partition coefficient (Wildman–Crippen LogP) is 3.39. The topological polar surface area (TPSA) is 90.0 Å². The van der Waals surface area contributed by atoms with Crippen LogP contribution in [0.1, 0.15) is 62.4 Å². The third kappa shape index (κ3) is 5.06. The lowest BCUT2D eigenvalue weighted by Crippen LogP contribution is -2.58. The lowest BCUT2D eigenvalue weighted by atomic mass is 9.68. The number of carbonyl (C=O) groups is 3. The van der Waals surface area contributed by atoms with Crippen LogP contribution in [0.25, 0.3) is 0 Å². The number of hydrogen-bond donors (Lipinski definition) is 2. The summed E-state index contributed by atoms with van der Waals surface area (Å²) < 4.78 is 38.9. The van der Waals surface area contributed by atoms with Crippen LogP contribution < -0.4 is 5.32 Å². The van der Waals surface area contributed by atoms with Gasteiger partial charge in [-0.15, -0.1) is 0 Å². The monoisotopic (exact) mass is 483 g/mol. The number of alkyl halides is 3. The van der Waals surface area contributed by atoms with E-state index in [1.54, 1.807) is 6.92 Å². The van der Waals surface area contributed by atoms with Crippen LogP contribution in [0.15, 0.2) is 24.3 Å². The molecule has 1 heterocycles. The van der Waals surface area contributed by atoms with E-state index < -0.39 is 47.0 Å². The average molecular weight is 484 g/mol. The highest BCUT2D eigenvalue weighted by Crippen LogP contribution is 2.42. The van der Waals surface area contributed by atoms with Gasteiger partial charge < -0.3 is 20.2 Å². The fourth-order valence-corrected chi connectivity index (χ4v) is 5.12. The van der Waals surface area contributed by atoms with Crippen LogP contribution in [0.2, 0.25) is 0 Å². The average Bonchev–Trinajstić information content (AvgIpc) is 3.12. The van der Waals surface area contributed by atoms with Crippen molar-refractivity contribution in [3.63, 3.8) is 0 Å². The maximum Gasteiger partial charge on any atom is 0.416 e. The van der Waals surface area contributed by atoms with E-state index in [2.05, 4.69) is 10.2 Å². The minimum absolute atomic E-state index is 0.0754. The van der Waals surface area contributed by atoms with Crippen molar-refractivity contribution in [3.8, 4) is 0 Å². The molecule has 1 unspecified atom stereocenters. The Morgan fingerprint density at radius 1 is 1.24 bits per heavy atom. The van der Waals surface area contributed by atoms with E-state index >= 15 is 0 Å². The van der Waals surface area contributed by atoms with Gasteiger partial charge >= 0.3 is 12.1 Å². The molecular formula is C24H32F3N3O4. The molecule has 2 aliphatic rings. The lowest BCUT2D eigenvalue weighted by Gasteiger charge is -2.48. The van der Waals surface area contributed by atoms with Crippen LogP contribution >= 0.6 is 0 Å². The van der Waals surface area contributed by atoms with E-state index in [9.17, 15) is 32.7 Å². The predicted molar refractivity (Wildman–Crippen MR) is 119 cm³/mol. The van der Waals surface area contributed by atoms with Crippen molar-refractivity contribution in [2.75, 3.05) is 13.6 Å². The molecule has 34 heavy (non-hydrogen) atoms. The Morgan fingerprint density at radius 3 is 2.50 bits per heavy atom. The summed E-state index contributed by atoms with van der Waals surface area (Å²) >= 11 is 0. The van der Waals surface area contributed by atoms with Gasteiger partial charge in [-0.25, -0.2) is 0 Å². The van der Waals surface area contributed by atoms with Gasteiger partial charge in [-0.05, 0) is 71.7 Å². The molecular weight excluding hydrogens is 451 g/mol. The first-order valence-electron chi connectivity index (χ1n) is 11.5. The van der Waals surface area contributed by atoms with Gasteiger partial charge in [0.1, 0.15) is 6.04 Å². The van der Waals surface area contributed by atoms with Crippen molar-refractivity contribution >= 4 is 17.8 Å². The Labute approximate surface area is 197 Å². The van der Waals surface area contributed by atoms with Gasteiger partial charge in [0.2, 0.25) is 5.91 Å². The van der Waals surface area contributed by atoms with Crippen molar-refractivity contribution in [3.05, 3.63) is 35.4 Å².